The van der Waals surface area contributed by atoms with Crippen LogP contribution < -0.4 is 5.32 Å². The standard InChI is InChI=1S/C18H17BrCl3N5O/c1-10-17(22)11(2)27(24-10)6-5-16(28)23-18-14(19)9-26(25-18)8-12-3-4-13(20)7-15(12)21/h3-4,7,9H,5-6,8H2,1-2H3,(H,23,25,28). The van der Waals surface area contributed by atoms with E-state index in [1.165, 1.54) is 0 Å². The number of halogens is 4. The van der Waals surface area contributed by atoms with Crippen molar-refractivity contribution in [2.24, 2.45) is 0 Å². The molecule has 0 saturated heterocycles. The van der Waals surface area contributed by atoms with Gasteiger partial charge in [-0.1, -0.05) is 40.9 Å². The molecular formula is C18H17BrCl3N5O. The van der Waals surface area contributed by atoms with Crippen molar-refractivity contribution in [3.8, 4) is 0 Å². The molecule has 10 heteroatoms. The molecule has 0 fully saturated rings. The molecule has 0 unspecified atom stereocenters. The summed E-state index contributed by atoms with van der Waals surface area (Å²) in [5, 5.41) is 13.3. The molecule has 0 bridgehead atoms. The lowest BCUT2D eigenvalue weighted by molar-refractivity contribution is -0.116. The third-order valence-electron chi connectivity index (χ3n) is 4.17. The van der Waals surface area contributed by atoms with E-state index >= 15 is 0 Å². The van der Waals surface area contributed by atoms with Gasteiger partial charge < -0.3 is 5.32 Å². The second kappa shape index (κ2) is 8.86. The van der Waals surface area contributed by atoms with Gasteiger partial charge in [-0.3, -0.25) is 14.2 Å². The SMILES string of the molecule is Cc1nn(CCC(=O)Nc2nn(Cc3ccc(Cl)cc3Cl)cc2Br)c(C)c1Cl. The summed E-state index contributed by atoms with van der Waals surface area (Å²) in [5.74, 6) is 0.278. The molecule has 2 heterocycles. The van der Waals surface area contributed by atoms with Crippen molar-refractivity contribution in [2.45, 2.75) is 33.4 Å². The number of aryl methyl sites for hydroxylation is 2. The Morgan fingerprint density at radius 1 is 1.21 bits per heavy atom. The van der Waals surface area contributed by atoms with E-state index in [1.54, 1.807) is 27.7 Å². The van der Waals surface area contributed by atoms with Gasteiger partial charge in [-0.15, -0.1) is 0 Å². The number of amides is 1. The van der Waals surface area contributed by atoms with Crippen molar-refractivity contribution >= 4 is 62.5 Å². The molecule has 1 N–H and O–H groups in total. The molecule has 0 atom stereocenters. The maximum absolute atomic E-state index is 12.3. The maximum Gasteiger partial charge on any atom is 0.227 e. The smallest absolute Gasteiger partial charge is 0.227 e. The highest BCUT2D eigenvalue weighted by molar-refractivity contribution is 9.10. The van der Waals surface area contributed by atoms with Crippen LogP contribution in [-0.2, 0) is 17.9 Å². The fourth-order valence-corrected chi connectivity index (χ4v) is 3.70. The van der Waals surface area contributed by atoms with E-state index in [9.17, 15) is 4.79 Å². The van der Waals surface area contributed by atoms with Crippen LogP contribution in [0.5, 0.6) is 0 Å². The van der Waals surface area contributed by atoms with Crippen molar-refractivity contribution in [1.82, 2.24) is 19.6 Å². The summed E-state index contributed by atoms with van der Waals surface area (Å²) in [4.78, 5) is 12.3. The Balaban J connectivity index is 1.62. The van der Waals surface area contributed by atoms with E-state index in [1.807, 2.05) is 19.9 Å². The molecule has 3 rings (SSSR count). The van der Waals surface area contributed by atoms with Crippen LogP contribution in [0.4, 0.5) is 5.82 Å². The Bertz CT molecular complexity index is 1030. The molecule has 1 aromatic carbocycles. The molecule has 2 aromatic heterocycles. The molecule has 0 aliphatic carbocycles. The Hall–Kier alpha value is -1.54. The normalized spacial score (nSPS) is 11.1. The van der Waals surface area contributed by atoms with Crippen molar-refractivity contribution in [3.05, 3.63) is 60.9 Å². The van der Waals surface area contributed by atoms with Crippen LogP contribution in [0.25, 0.3) is 0 Å². The molecule has 0 saturated carbocycles. The number of aromatic nitrogens is 4. The molecule has 3 aromatic rings. The van der Waals surface area contributed by atoms with E-state index in [0.717, 1.165) is 17.0 Å². The number of benzene rings is 1. The van der Waals surface area contributed by atoms with Crippen molar-refractivity contribution in [2.75, 3.05) is 5.32 Å². The Kier molecular flexibility index (Phi) is 6.70. The molecule has 0 spiro atoms. The Morgan fingerprint density at radius 2 is 1.96 bits per heavy atom. The number of carbonyl (C=O) groups excluding carboxylic acids is 1. The van der Waals surface area contributed by atoms with Gasteiger partial charge in [0.2, 0.25) is 5.91 Å². The highest BCUT2D eigenvalue weighted by Crippen LogP contribution is 2.25. The Morgan fingerprint density at radius 3 is 2.61 bits per heavy atom. The van der Waals surface area contributed by atoms with E-state index < -0.39 is 0 Å². The lowest BCUT2D eigenvalue weighted by atomic mass is 10.2. The van der Waals surface area contributed by atoms with Gasteiger partial charge in [0, 0.05) is 22.7 Å². The van der Waals surface area contributed by atoms with Gasteiger partial charge in [-0.25, -0.2) is 0 Å². The van der Waals surface area contributed by atoms with Crippen molar-refractivity contribution < 1.29 is 4.79 Å². The van der Waals surface area contributed by atoms with Crippen LogP contribution >= 0.6 is 50.7 Å². The van der Waals surface area contributed by atoms with Crippen molar-refractivity contribution in [1.29, 1.82) is 0 Å². The third kappa shape index (κ3) is 4.89. The molecule has 0 aliphatic rings. The lowest BCUT2D eigenvalue weighted by Gasteiger charge is -2.06. The number of nitrogens with zero attached hydrogens (tertiary/aromatic N) is 4. The molecule has 0 aliphatic heterocycles. The van der Waals surface area contributed by atoms with E-state index in [-0.39, 0.29) is 12.3 Å². The fraction of sp³-hybridized carbons (Fsp3) is 0.278. The van der Waals surface area contributed by atoms with Crippen LogP contribution in [0.3, 0.4) is 0 Å². The molecule has 6 nitrogen and oxygen atoms in total. The minimum atomic E-state index is -0.167. The van der Waals surface area contributed by atoms with E-state index in [4.69, 9.17) is 34.8 Å². The van der Waals surface area contributed by atoms with Crippen LogP contribution in [-0.4, -0.2) is 25.5 Å². The first kappa shape index (κ1) is 21.2. The van der Waals surface area contributed by atoms with Gasteiger partial charge in [-0.2, -0.15) is 10.2 Å². The van der Waals surface area contributed by atoms with Crippen LogP contribution in [0.1, 0.15) is 23.4 Å². The maximum atomic E-state index is 12.3. The van der Waals surface area contributed by atoms with E-state index in [2.05, 4.69) is 31.4 Å². The van der Waals surface area contributed by atoms with Gasteiger partial charge in [0.05, 0.1) is 34.0 Å². The minimum Gasteiger partial charge on any atom is -0.308 e. The fourth-order valence-electron chi connectivity index (χ4n) is 2.68. The average Bonchev–Trinajstić information content (AvgIpc) is 3.09. The molecule has 148 valence electrons. The zero-order valence-electron chi connectivity index (χ0n) is 15.1. The number of carbonyl (C=O) groups is 1. The lowest BCUT2D eigenvalue weighted by Crippen LogP contribution is -2.16. The summed E-state index contributed by atoms with van der Waals surface area (Å²) < 4.78 is 4.10. The highest BCUT2D eigenvalue weighted by Gasteiger charge is 2.14. The molecule has 28 heavy (non-hydrogen) atoms. The zero-order chi connectivity index (χ0) is 20.4. The first-order chi connectivity index (χ1) is 13.2. The number of anilines is 1. The summed E-state index contributed by atoms with van der Waals surface area (Å²) in [6.45, 7) is 4.60. The monoisotopic (exact) mass is 503 g/mol. The minimum absolute atomic E-state index is 0.167. The molecule has 1 amide bonds. The summed E-state index contributed by atoms with van der Waals surface area (Å²) in [5.41, 5.74) is 2.47. The van der Waals surface area contributed by atoms with Crippen LogP contribution in [0, 0.1) is 13.8 Å². The Labute approximate surface area is 185 Å². The first-order valence-corrected chi connectivity index (χ1v) is 10.3. The highest BCUT2D eigenvalue weighted by atomic mass is 79.9. The summed E-state index contributed by atoms with van der Waals surface area (Å²) in [6.07, 6.45) is 2.03. The van der Waals surface area contributed by atoms with Crippen LogP contribution in [0.2, 0.25) is 15.1 Å². The van der Waals surface area contributed by atoms with Gasteiger partial charge in [-0.05, 0) is 47.5 Å². The first-order valence-electron chi connectivity index (χ1n) is 8.41. The topological polar surface area (TPSA) is 64.7 Å². The second-order valence-electron chi connectivity index (χ2n) is 6.27. The molecule has 0 radical (unpaired) electrons. The summed E-state index contributed by atoms with van der Waals surface area (Å²) in [6, 6.07) is 5.30. The number of hydrogen-bond donors (Lipinski definition) is 1. The van der Waals surface area contributed by atoms with Gasteiger partial charge in [0.15, 0.2) is 5.82 Å². The van der Waals surface area contributed by atoms with E-state index in [0.29, 0.717) is 38.4 Å². The molecular weight excluding hydrogens is 488 g/mol. The predicted octanol–water partition coefficient (Wildman–Crippen LogP) is 5.50. The second-order valence-corrected chi connectivity index (χ2v) is 8.34. The quantitative estimate of drug-likeness (QED) is 0.481. The van der Waals surface area contributed by atoms with Crippen LogP contribution in [0.15, 0.2) is 28.9 Å². The zero-order valence-corrected chi connectivity index (χ0v) is 19.0. The number of hydrogen-bond acceptors (Lipinski definition) is 3. The van der Waals surface area contributed by atoms with Gasteiger partial charge in [0.25, 0.3) is 0 Å². The summed E-state index contributed by atoms with van der Waals surface area (Å²) >= 11 is 21.7. The van der Waals surface area contributed by atoms with Crippen molar-refractivity contribution in [3.63, 3.8) is 0 Å². The predicted molar refractivity (Wildman–Crippen MR) is 115 cm³/mol. The summed E-state index contributed by atoms with van der Waals surface area (Å²) in [7, 11) is 0. The average molecular weight is 506 g/mol. The van der Waals surface area contributed by atoms with Gasteiger partial charge in [0.1, 0.15) is 0 Å². The third-order valence-corrected chi connectivity index (χ3v) is 5.88. The number of nitrogens with one attached hydrogen (secondary N) is 1. The number of rotatable bonds is 6. The largest absolute Gasteiger partial charge is 0.308 e. The van der Waals surface area contributed by atoms with Gasteiger partial charge >= 0.3 is 0 Å².